The molecular formula is C16H16FN5O2. The number of oxime groups is 1. The van der Waals surface area contributed by atoms with E-state index in [2.05, 4.69) is 20.1 Å². The molecule has 24 heavy (non-hydrogen) atoms. The predicted molar refractivity (Wildman–Crippen MR) is 88.7 cm³/mol. The van der Waals surface area contributed by atoms with Crippen LogP contribution in [0, 0.1) is 12.7 Å². The Bertz CT molecular complexity index is 907. The first-order valence-corrected chi connectivity index (χ1v) is 7.31. The fraction of sp³-hybridized carbons (Fsp3) is 0.188. The molecule has 0 amide bonds. The summed E-state index contributed by atoms with van der Waals surface area (Å²) in [7, 11) is 0. The van der Waals surface area contributed by atoms with Crippen molar-refractivity contribution in [1.29, 1.82) is 0 Å². The predicted octanol–water partition coefficient (Wildman–Crippen LogP) is 3.15. The molecule has 3 aromatic rings. The largest absolute Gasteiger partial charge is 0.435 e. The van der Waals surface area contributed by atoms with Crippen molar-refractivity contribution in [3.63, 3.8) is 0 Å². The second-order valence-electron chi connectivity index (χ2n) is 5.02. The van der Waals surface area contributed by atoms with E-state index in [0.717, 1.165) is 5.69 Å². The Morgan fingerprint density at radius 2 is 2.21 bits per heavy atom. The lowest BCUT2D eigenvalue weighted by molar-refractivity contribution is 0.160. The van der Waals surface area contributed by atoms with Crippen LogP contribution in [0.5, 0.6) is 11.6 Å². The summed E-state index contributed by atoms with van der Waals surface area (Å²) in [6.45, 7) is 4.05. The van der Waals surface area contributed by atoms with Crippen LogP contribution in [0.2, 0.25) is 0 Å². The van der Waals surface area contributed by atoms with Crippen LogP contribution >= 0.6 is 0 Å². The molecular weight excluding hydrogens is 313 g/mol. The molecule has 0 saturated heterocycles. The highest BCUT2D eigenvalue weighted by Crippen LogP contribution is 2.31. The van der Waals surface area contributed by atoms with Crippen molar-refractivity contribution >= 4 is 22.9 Å². The average molecular weight is 329 g/mol. The van der Waals surface area contributed by atoms with Crippen molar-refractivity contribution in [3.05, 3.63) is 41.6 Å². The molecule has 0 fully saturated rings. The van der Waals surface area contributed by atoms with Gasteiger partial charge in [0.05, 0.1) is 6.21 Å². The number of hydrogen-bond acceptors (Lipinski definition) is 6. The van der Waals surface area contributed by atoms with Gasteiger partial charge >= 0.3 is 0 Å². The molecule has 0 radical (unpaired) electrons. The minimum absolute atomic E-state index is 0.0330. The quantitative estimate of drug-likeness (QED) is 0.553. The van der Waals surface area contributed by atoms with E-state index in [1.165, 1.54) is 18.6 Å². The van der Waals surface area contributed by atoms with Crippen LogP contribution in [0.3, 0.4) is 0 Å². The molecule has 0 aliphatic carbocycles. The zero-order chi connectivity index (χ0) is 17.1. The molecule has 1 aromatic carbocycles. The Labute approximate surface area is 137 Å². The number of fused-ring (bicyclic) bond motifs is 1. The Kier molecular flexibility index (Phi) is 4.28. The van der Waals surface area contributed by atoms with Crippen molar-refractivity contribution in [2.24, 2.45) is 5.16 Å². The molecule has 8 heteroatoms. The SMILES string of the molecule is CCON=Cc1c(N)ncnc1Oc1ccc2[nH]c(C)cc2c1F. The molecule has 7 nitrogen and oxygen atoms in total. The maximum Gasteiger partial charge on any atom is 0.233 e. The highest BCUT2D eigenvalue weighted by atomic mass is 19.1. The number of nitrogen functional groups attached to an aromatic ring is 1. The van der Waals surface area contributed by atoms with Gasteiger partial charge in [-0.15, -0.1) is 0 Å². The third-order valence-corrected chi connectivity index (χ3v) is 3.31. The lowest BCUT2D eigenvalue weighted by Gasteiger charge is -2.09. The number of anilines is 1. The Balaban J connectivity index is 1.99. The highest BCUT2D eigenvalue weighted by Gasteiger charge is 2.15. The van der Waals surface area contributed by atoms with E-state index < -0.39 is 5.82 Å². The van der Waals surface area contributed by atoms with Crippen LogP contribution < -0.4 is 10.5 Å². The highest BCUT2D eigenvalue weighted by molar-refractivity contribution is 5.88. The molecule has 0 unspecified atom stereocenters. The Morgan fingerprint density at radius 3 is 3.00 bits per heavy atom. The van der Waals surface area contributed by atoms with Crippen LogP contribution in [-0.2, 0) is 4.84 Å². The number of ether oxygens (including phenoxy) is 1. The molecule has 0 aliphatic heterocycles. The van der Waals surface area contributed by atoms with E-state index in [0.29, 0.717) is 23.1 Å². The number of nitrogens with two attached hydrogens (primary N) is 1. The fourth-order valence-electron chi connectivity index (χ4n) is 2.23. The topological polar surface area (TPSA) is 98.4 Å². The summed E-state index contributed by atoms with van der Waals surface area (Å²) in [5, 5.41) is 4.18. The molecule has 3 N–H and O–H groups in total. The van der Waals surface area contributed by atoms with E-state index in [9.17, 15) is 4.39 Å². The number of rotatable bonds is 5. The molecule has 124 valence electrons. The van der Waals surface area contributed by atoms with E-state index in [1.807, 2.05) is 6.92 Å². The first-order valence-electron chi connectivity index (χ1n) is 7.31. The molecule has 2 aromatic heterocycles. The van der Waals surface area contributed by atoms with Gasteiger partial charge in [-0.1, -0.05) is 5.16 Å². The number of halogens is 1. The standard InChI is InChI=1S/C16H16FN5O2/c1-3-23-21-7-11-15(18)19-8-20-16(11)24-13-5-4-12-10(14(13)17)6-9(2)22-12/h4-8,22H,3H2,1-2H3,(H2,18,19,20). The monoisotopic (exact) mass is 329 g/mol. The number of aromatic amines is 1. The molecule has 0 bridgehead atoms. The second-order valence-corrected chi connectivity index (χ2v) is 5.02. The summed E-state index contributed by atoms with van der Waals surface area (Å²) >= 11 is 0. The van der Waals surface area contributed by atoms with Crippen LogP contribution in [0.4, 0.5) is 10.2 Å². The summed E-state index contributed by atoms with van der Waals surface area (Å²) in [4.78, 5) is 15.9. The third-order valence-electron chi connectivity index (χ3n) is 3.31. The van der Waals surface area contributed by atoms with Gasteiger partial charge in [0.15, 0.2) is 11.6 Å². The number of aromatic nitrogens is 3. The summed E-state index contributed by atoms with van der Waals surface area (Å²) < 4.78 is 20.2. The second kappa shape index (κ2) is 6.53. The van der Waals surface area contributed by atoms with Gasteiger partial charge in [-0.25, -0.2) is 14.4 Å². The summed E-state index contributed by atoms with van der Waals surface area (Å²) in [6, 6.07) is 4.97. The lowest BCUT2D eigenvalue weighted by atomic mass is 10.2. The number of hydrogen-bond donors (Lipinski definition) is 2. The third kappa shape index (κ3) is 2.98. The first kappa shape index (κ1) is 15.7. The summed E-state index contributed by atoms with van der Waals surface area (Å²) in [5.74, 6) is -0.203. The zero-order valence-corrected chi connectivity index (χ0v) is 13.2. The van der Waals surface area contributed by atoms with Crippen molar-refractivity contribution in [1.82, 2.24) is 15.0 Å². The molecule has 0 saturated carbocycles. The molecule has 2 heterocycles. The van der Waals surface area contributed by atoms with Crippen LogP contribution in [0.25, 0.3) is 10.9 Å². The van der Waals surface area contributed by atoms with Crippen molar-refractivity contribution in [2.45, 2.75) is 13.8 Å². The van der Waals surface area contributed by atoms with Gasteiger partial charge in [0, 0.05) is 16.6 Å². The van der Waals surface area contributed by atoms with Gasteiger partial charge in [-0.2, -0.15) is 0 Å². The lowest BCUT2D eigenvalue weighted by Crippen LogP contribution is -2.03. The minimum Gasteiger partial charge on any atom is -0.435 e. The maximum atomic E-state index is 14.6. The molecule has 0 atom stereocenters. The van der Waals surface area contributed by atoms with E-state index >= 15 is 0 Å². The van der Waals surface area contributed by atoms with Crippen molar-refractivity contribution in [2.75, 3.05) is 12.3 Å². The normalized spacial score (nSPS) is 11.3. The molecule has 0 spiro atoms. The number of nitrogens with one attached hydrogen (secondary N) is 1. The first-order chi connectivity index (χ1) is 11.6. The van der Waals surface area contributed by atoms with E-state index in [-0.39, 0.29) is 17.4 Å². The Morgan fingerprint density at radius 1 is 1.38 bits per heavy atom. The minimum atomic E-state index is -0.485. The van der Waals surface area contributed by atoms with Gasteiger partial charge in [0.2, 0.25) is 5.88 Å². The van der Waals surface area contributed by atoms with Crippen LogP contribution in [0.1, 0.15) is 18.2 Å². The fourth-order valence-corrected chi connectivity index (χ4v) is 2.23. The summed E-state index contributed by atoms with van der Waals surface area (Å²) in [6.07, 6.45) is 2.57. The molecule has 0 aliphatic rings. The maximum absolute atomic E-state index is 14.6. The number of benzene rings is 1. The number of nitrogens with zero attached hydrogens (tertiary/aromatic N) is 3. The van der Waals surface area contributed by atoms with Gasteiger partial charge < -0.3 is 20.3 Å². The van der Waals surface area contributed by atoms with E-state index in [4.69, 9.17) is 15.3 Å². The van der Waals surface area contributed by atoms with E-state index in [1.54, 1.807) is 19.1 Å². The smallest absolute Gasteiger partial charge is 0.233 e. The van der Waals surface area contributed by atoms with Gasteiger partial charge in [0.25, 0.3) is 0 Å². The van der Waals surface area contributed by atoms with Crippen molar-refractivity contribution in [3.8, 4) is 11.6 Å². The Hall–Kier alpha value is -3.16. The number of H-pyrrole nitrogens is 1. The van der Waals surface area contributed by atoms with Gasteiger partial charge in [-0.3, -0.25) is 0 Å². The zero-order valence-electron chi connectivity index (χ0n) is 13.2. The molecule has 3 rings (SSSR count). The number of aryl methyl sites for hydroxylation is 1. The summed E-state index contributed by atoms with van der Waals surface area (Å²) in [5.41, 5.74) is 7.68. The van der Waals surface area contributed by atoms with Crippen LogP contribution in [0.15, 0.2) is 29.7 Å². The average Bonchev–Trinajstić information content (AvgIpc) is 2.94. The van der Waals surface area contributed by atoms with Gasteiger partial charge in [0.1, 0.15) is 24.3 Å². The van der Waals surface area contributed by atoms with Crippen LogP contribution in [-0.4, -0.2) is 27.8 Å². The van der Waals surface area contributed by atoms with Crippen molar-refractivity contribution < 1.29 is 14.0 Å². The van der Waals surface area contributed by atoms with Gasteiger partial charge in [-0.05, 0) is 32.0 Å².